The third kappa shape index (κ3) is 4.71. The normalized spacial score (nSPS) is 8.25. The molecule has 70 valence electrons. The Morgan fingerprint density at radius 3 is 1.75 bits per heavy atom. The molecule has 0 saturated carbocycles. The Kier molecular flexibility index (Phi) is 10.6. The molecular weight excluding hydrogens is 711 g/mol. The molecule has 6 heteroatoms. The third-order valence-electron chi connectivity index (χ3n) is 1.04. The summed E-state index contributed by atoms with van der Waals surface area (Å²) in [5, 5.41) is 9.33. The second-order valence-electron chi connectivity index (χ2n) is 1.83. The molecule has 1 aromatic carbocycles. The molecule has 1 rings (SSSR count). The fraction of sp³-hybridized carbons (Fsp3) is 0. The quantitative estimate of drug-likeness (QED) is 0.322. The van der Waals surface area contributed by atoms with E-state index in [1.807, 2.05) is 12.1 Å². The molecule has 12 heavy (non-hydrogen) atoms. The van der Waals surface area contributed by atoms with Gasteiger partial charge in [0, 0.05) is 0 Å². The number of rotatable bonds is 0. The van der Waals surface area contributed by atoms with Crippen molar-refractivity contribution in [3.05, 3.63) is 19.3 Å². The van der Waals surface area contributed by atoms with Gasteiger partial charge in [-0.05, 0) is 0 Å². The van der Waals surface area contributed by atoms with Gasteiger partial charge in [0.15, 0.2) is 0 Å². The molecule has 0 spiro atoms. The number of hydrogen-bond acceptors (Lipinski definition) is 1. The van der Waals surface area contributed by atoms with E-state index in [1.54, 1.807) is 0 Å². The van der Waals surface area contributed by atoms with Crippen LogP contribution in [0.5, 0.6) is 5.75 Å². The van der Waals surface area contributed by atoms with Crippen LogP contribution in [-0.2, 0) is 0 Å². The van der Waals surface area contributed by atoms with Crippen LogP contribution in [0.3, 0.4) is 0 Å². The fourth-order valence-corrected chi connectivity index (χ4v) is 6.33. The predicted molar refractivity (Wildman–Crippen MR) is 82.4 cm³/mol. The number of hydrogen-bond donors (Lipinski definition) is 1. The van der Waals surface area contributed by atoms with E-state index >= 15 is 0 Å². The van der Waals surface area contributed by atoms with Crippen LogP contribution in [0.4, 0.5) is 0 Å². The standard InChI is InChI=1S/C6H3I2O.Bi.2BrH.2H/c7-4-2-1-3-5(8)6(4)9;;;;;/h2-3,9H;;2*1H;;. The molecule has 1 aromatic rings. The molecular formula is C6H7BiBr2I2O. The van der Waals surface area contributed by atoms with Gasteiger partial charge < -0.3 is 0 Å². The summed E-state index contributed by atoms with van der Waals surface area (Å²) in [4.78, 5) is 0. The molecule has 0 amide bonds. The van der Waals surface area contributed by atoms with Crippen molar-refractivity contribution in [1.82, 2.24) is 0 Å². The molecule has 0 aromatic heterocycles. The summed E-state index contributed by atoms with van der Waals surface area (Å²) in [6, 6.07) is 4.06. The van der Waals surface area contributed by atoms with Gasteiger partial charge in [-0.3, -0.25) is 0 Å². The van der Waals surface area contributed by atoms with Gasteiger partial charge in [-0.2, -0.15) is 0 Å². The van der Waals surface area contributed by atoms with Crippen LogP contribution >= 0.6 is 79.1 Å². The summed E-state index contributed by atoms with van der Waals surface area (Å²) in [6.07, 6.45) is 0. The van der Waals surface area contributed by atoms with E-state index in [2.05, 4.69) is 45.2 Å². The maximum atomic E-state index is 9.33. The Balaban J connectivity index is 0. The first-order chi connectivity index (χ1) is 4.61. The first-order valence-electron chi connectivity index (χ1n) is 2.54. The van der Waals surface area contributed by atoms with Gasteiger partial charge in [0.2, 0.25) is 0 Å². The van der Waals surface area contributed by atoms with Crippen molar-refractivity contribution in [3.63, 3.8) is 0 Å². The summed E-state index contributed by atoms with van der Waals surface area (Å²) < 4.78 is 3.27. The van der Waals surface area contributed by atoms with Crippen LogP contribution in [-0.4, -0.2) is 29.8 Å². The average Bonchev–Trinajstić information content (AvgIpc) is 1.82. The van der Waals surface area contributed by atoms with Gasteiger partial charge in [-0.15, -0.1) is 34.0 Å². The van der Waals surface area contributed by atoms with Crippen LogP contribution in [0.15, 0.2) is 12.1 Å². The van der Waals surface area contributed by atoms with Gasteiger partial charge in [-0.25, -0.2) is 0 Å². The molecule has 0 heterocycles. The minimum atomic E-state index is 0. The van der Waals surface area contributed by atoms with E-state index in [0.717, 1.165) is 31.9 Å². The molecule has 0 atom stereocenters. The van der Waals surface area contributed by atoms with Crippen LogP contribution in [0.2, 0.25) is 0 Å². The summed E-state index contributed by atoms with van der Waals surface area (Å²) in [7, 11) is 0. The summed E-state index contributed by atoms with van der Waals surface area (Å²) >= 11 is 5.15. The second-order valence-corrected chi connectivity index (χ2v) is 6.75. The molecule has 0 aliphatic rings. The van der Waals surface area contributed by atoms with E-state index in [9.17, 15) is 5.11 Å². The Morgan fingerprint density at radius 2 is 1.42 bits per heavy atom. The van der Waals surface area contributed by atoms with E-state index in [0.29, 0.717) is 5.75 Å². The molecule has 0 aliphatic heterocycles. The van der Waals surface area contributed by atoms with Gasteiger partial charge in [0.1, 0.15) is 0 Å². The first kappa shape index (κ1) is 16.7. The van der Waals surface area contributed by atoms with Crippen molar-refractivity contribution in [2.45, 2.75) is 0 Å². The van der Waals surface area contributed by atoms with Crippen LogP contribution < -0.4 is 3.27 Å². The second kappa shape index (κ2) is 7.59. The Hall–Kier alpha value is 2.32. The van der Waals surface area contributed by atoms with Gasteiger partial charge in [0.05, 0.1) is 0 Å². The molecule has 0 bridgehead atoms. The van der Waals surface area contributed by atoms with Crippen LogP contribution in [0.1, 0.15) is 0 Å². The Labute approximate surface area is 135 Å². The molecule has 1 nitrogen and oxygen atoms in total. The number of phenols is 1. The Morgan fingerprint density at radius 1 is 1.08 bits per heavy atom. The van der Waals surface area contributed by atoms with E-state index in [4.69, 9.17) is 0 Å². The van der Waals surface area contributed by atoms with Crippen molar-refractivity contribution >= 4 is 107 Å². The molecule has 0 aliphatic carbocycles. The van der Waals surface area contributed by atoms with Crippen LogP contribution in [0, 0.1) is 7.14 Å². The monoisotopic (exact) mass is 716 g/mol. The average molecular weight is 718 g/mol. The van der Waals surface area contributed by atoms with Crippen molar-refractivity contribution in [2.75, 3.05) is 0 Å². The number of aromatic hydroxyl groups is 1. The topological polar surface area (TPSA) is 20.2 Å². The fourth-order valence-electron chi connectivity index (χ4n) is 0.585. The van der Waals surface area contributed by atoms with Crippen molar-refractivity contribution in [2.24, 2.45) is 0 Å². The number of halogens is 4. The zero-order valence-corrected chi connectivity index (χ0v) is 18.0. The summed E-state index contributed by atoms with van der Waals surface area (Å²) in [5.74, 6) is 0.422. The van der Waals surface area contributed by atoms with Gasteiger partial charge in [-0.1, -0.05) is 0 Å². The molecule has 0 saturated heterocycles. The number of benzene rings is 1. The Bertz CT molecular complexity index is 247. The summed E-state index contributed by atoms with van der Waals surface area (Å²) in [5.41, 5.74) is 0. The maximum absolute atomic E-state index is 9.33. The SMILES string of the molecule is Br.Br.Oc1c(I)c[c]([BiH2])cc1I. The van der Waals surface area contributed by atoms with Crippen molar-refractivity contribution in [3.8, 4) is 5.75 Å². The van der Waals surface area contributed by atoms with Gasteiger partial charge >= 0.3 is 103 Å². The van der Waals surface area contributed by atoms with Crippen molar-refractivity contribution < 1.29 is 5.11 Å². The van der Waals surface area contributed by atoms with Crippen molar-refractivity contribution in [1.29, 1.82) is 0 Å². The molecule has 1 N–H and O–H groups in total. The predicted octanol–water partition coefficient (Wildman–Crippen LogP) is 2.02. The van der Waals surface area contributed by atoms with E-state index in [1.165, 1.54) is 3.27 Å². The van der Waals surface area contributed by atoms with Gasteiger partial charge in [0.25, 0.3) is 0 Å². The molecule has 0 radical (unpaired) electrons. The zero-order valence-electron chi connectivity index (χ0n) is 5.75. The first-order valence-corrected chi connectivity index (χ1v) is 6.95. The number of phenolic OH excluding ortho intramolecular Hbond substituents is 1. The zero-order chi connectivity index (χ0) is 7.72. The van der Waals surface area contributed by atoms with Crippen LogP contribution in [0.25, 0.3) is 0 Å². The molecule has 0 fully saturated rings. The van der Waals surface area contributed by atoms with E-state index in [-0.39, 0.29) is 34.0 Å². The minimum absolute atomic E-state index is 0. The summed E-state index contributed by atoms with van der Waals surface area (Å²) in [6.45, 7) is 0. The molecule has 0 unspecified atom stereocenters. The third-order valence-corrected chi connectivity index (χ3v) is 3.98. The van der Waals surface area contributed by atoms with E-state index < -0.39 is 0 Å².